The van der Waals surface area contributed by atoms with Crippen LogP contribution in [0.4, 0.5) is 4.39 Å². The van der Waals surface area contributed by atoms with E-state index in [0.29, 0.717) is 22.8 Å². The highest BCUT2D eigenvalue weighted by Crippen LogP contribution is 2.54. The number of nitrogens with zero attached hydrogens (tertiary/aromatic N) is 2. The number of halogens is 1. The van der Waals surface area contributed by atoms with Crippen LogP contribution in [0.2, 0.25) is 0 Å². The first-order valence-electron chi connectivity index (χ1n) is 11.2. The fraction of sp³-hybridized carbons (Fsp3) is 0.407. The molecule has 4 nitrogen and oxygen atoms in total. The number of aromatic nitrogens is 2. The maximum absolute atomic E-state index is 14.3. The van der Waals surface area contributed by atoms with Crippen molar-refractivity contribution in [1.82, 2.24) is 9.97 Å². The van der Waals surface area contributed by atoms with Crippen molar-refractivity contribution in [3.63, 3.8) is 0 Å². The van der Waals surface area contributed by atoms with Crippen molar-refractivity contribution in [2.75, 3.05) is 13.2 Å². The van der Waals surface area contributed by atoms with Crippen molar-refractivity contribution >= 4 is 0 Å². The monoisotopic (exact) mass is 432 g/mol. The summed E-state index contributed by atoms with van der Waals surface area (Å²) in [6.07, 6.45) is 3.32. The summed E-state index contributed by atoms with van der Waals surface area (Å²) >= 11 is 0. The van der Waals surface area contributed by atoms with Gasteiger partial charge < -0.3 is 9.47 Å². The highest BCUT2D eigenvalue weighted by atomic mass is 19.1. The second-order valence-corrected chi connectivity index (χ2v) is 9.92. The number of ether oxygens (including phenoxy) is 2. The molecule has 0 radical (unpaired) electrons. The molecule has 166 valence electrons. The first kappa shape index (κ1) is 21.1. The Kier molecular flexibility index (Phi) is 5.25. The van der Waals surface area contributed by atoms with Crippen molar-refractivity contribution < 1.29 is 13.9 Å². The van der Waals surface area contributed by atoms with E-state index in [4.69, 9.17) is 9.47 Å². The largest absolute Gasteiger partial charge is 0.487 e. The van der Waals surface area contributed by atoms with Crippen LogP contribution in [0.15, 0.2) is 54.7 Å². The van der Waals surface area contributed by atoms with Gasteiger partial charge in [-0.25, -0.2) is 14.4 Å². The third-order valence-corrected chi connectivity index (χ3v) is 7.10. The zero-order valence-corrected chi connectivity index (χ0v) is 18.9. The summed E-state index contributed by atoms with van der Waals surface area (Å²) in [5.74, 6) is 1.29. The van der Waals surface area contributed by atoms with Crippen LogP contribution in [0.3, 0.4) is 0 Å². The molecule has 0 N–H and O–H groups in total. The fourth-order valence-corrected chi connectivity index (χ4v) is 4.77. The van der Waals surface area contributed by atoms with Crippen LogP contribution >= 0.6 is 0 Å². The zero-order valence-electron chi connectivity index (χ0n) is 18.9. The van der Waals surface area contributed by atoms with Gasteiger partial charge in [0, 0.05) is 16.7 Å². The molecule has 0 unspecified atom stereocenters. The maximum Gasteiger partial charge on any atom is 0.166 e. The van der Waals surface area contributed by atoms with Crippen LogP contribution in [-0.4, -0.2) is 23.2 Å². The third kappa shape index (κ3) is 3.90. The van der Waals surface area contributed by atoms with Gasteiger partial charge in [-0.15, -0.1) is 0 Å². The van der Waals surface area contributed by atoms with Crippen LogP contribution in [-0.2, 0) is 16.8 Å². The molecule has 3 aromatic rings. The predicted octanol–water partition coefficient (Wildman–Crippen LogP) is 5.72. The van der Waals surface area contributed by atoms with E-state index < -0.39 is 5.82 Å². The Hall–Kier alpha value is -2.79. The first-order chi connectivity index (χ1) is 15.3. The van der Waals surface area contributed by atoms with Crippen molar-refractivity contribution in [3.8, 4) is 5.75 Å². The molecule has 0 atom stereocenters. The van der Waals surface area contributed by atoms with Crippen molar-refractivity contribution in [1.29, 1.82) is 0 Å². The summed E-state index contributed by atoms with van der Waals surface area (Å²) in [6, 6.07) is 16.7. The minimum atomic E-state index is -0.424. The van der Waals surface area contributed by atoms with Crippen LogP contribution in [0, 0.1) is 18.2 Å². The molecular formula is C27H29FN2O2. The standard InChI is InChI=1S/C27H29FN2O2/c1-18-4-6-20(7-5-18)26(2,3)21-8-10-22(11-9-21)32-15-24-23(28)14-29-25(30-24)19-12-27(13-19)16-31-17-27/h4-11,14,19H,12-13,15-17H2,1-3H3. The van der Waals surface area contributed by atoms with Gasteiger partial charge in [-0.3, -0.25) is 0 Å². The second kappa shape index (κ2) is 7.96. The summed E-state index contributed by atoms with van der Waals surface area (Å²) in [5.41, 5.74) is 4.23. The molecule has 1 saturated carbocycles. The Morgan fingerprint density at radius 1 is 1.03 bits per heavy atom. The lowest BCUT2D eigenvalue weighted by Crippen LogP contribution is -2.51. The lowest BCUT2D eigenvalue weighted by Gasteiger charge is -2.52. The molecular weight excluding hydrogens is 403 g/mol. The summed E-state index contributed by atoms with van der Waals surface area (Å²) in [5, 5.41) is 0. The van der Waals surface area contributed by atoms with Crippen LogP contribution in [0.25, 0.3) is 0 Å². The Morgan fingerprint density at radius 3 is 2.25 bits per heavy atom. The second-order valence-electron chi connectivity index (χ2n) is 9.92. The smallest absolute Gasteiger partial charge is 0.166 e. The van der Waals surface area contributed by atoms with E-state index in [1.165, 1.54) is 22.9 Å². The molecule has 2 fully saturated rings. The molecule has 0 amide bonds. The molecule has 5 rings (SSSR count). The van der Waals surface area contributed by atoms with Crippen molar-refractivity contribution in [2.24, 2.45) is 5.41 Å². The number of aryl methyl sites for hydroxylation is 1. The summed E-state index contributed by atoms with van der Waals surface area (Å²) in [6.45, 7) is 8.27. The summed E-state index contributed by atoms with van der Waals surface area (Å²) in [4.78, 5) is 8.72. The fourth-order valence-electron chi connectivity index (χ4n) is 4.77. The van der Waals surface area contributed by atoms with E-state index in [1.54, 1.807) is 0 Å². The van der Waals surface area contributed by atoms with Gasteiger partial charge in [-0.2, -0.15) is 0 Å². The Morgan fingerprint density at radius 2 is 1.66 bits per heavy atom. The molecule has 2 aromatic carbocycles. The molecule has 1 spiro atoms. The lowest BCUT2D eigenvalue weighted by atomic mass is 9.60. The van der Waals surface area contributed by atoms with E-state index in [2.05, 4.69) is 67.1 Å². The Labute approximate surface area is 188 Å². The Balaban J connectivity index is 1.24. The molecule has 2 aliphatic rings. The van der Waals surface area contributed by atoms with Crippen LogP contribution in [0.1, 0.15) is 60.8 Å². The van der Waals surface area contributed by atoms with Gasteiger partial charge in [-0.05, 0) is 43.0 Å². The number of hydrogen-bond donors (Lipinski definition) is 0. The van der Waals surface area contributed by atoms with Gasteiger partial charge in [0.2, 0.25) is 0 Å². The molecule has 1 aromatic heterocycles. The van der Waals surface area contributed by atoms with E-state index in [-0.39, 0.29) is 12.0 Å². The van der Waals surface area contributed by atoms with Gasteiger partial charge in [0.25, 0.3) is 0 Å². The molecule has 0 bridgehead atoms. The van der Waals surface area contributed by atoms with Gasteiger partial charge in [0.15, 0.2) is 5.82 Å². The van der Waals surface area contributed by atoms with E-state index >= 15 is 0 Å². The third-order valence-electron chi connectivity index (χ3n) is 7.10. The molecule has 5 heteroatoms. The molecule has 2 heterocycles. The number of benzene rings is 2. The normalized spacial score (nSPS) is 17.6. The van der Waals surface area contributed by atoms with Crippen LogP contribution < -0.4 is 4.74 Å². The average Bonchev–Trinajstić information content (AvgIpc) is 2.72. The highest BCUT2D eigenvalue weighted by Gasteiger charge is 2.51. The zero-order chi connectivity index (χ0) is 22.3. The van der Waals surface area contributed by atoms with E-state index in [1.807, 2.05) is 12.1 Å². The minimum absolute atomic E-state index is 0.0863. The SMILES string of the molecule is Cc1ccc(C(C)(C)c2ccc(OCc3nc(C4CC5(COC5)C4)ncc3F)cc2)cc1. The molecule has 1 saturated heterocycles. The van der Waals surface area contributed by atoms with E-state index in [9.17, 15) is 4.39 Å². The maximum atomic E-state index is 14.3. The van der Waals surface area contributed by atoms with Crippen molar-refractivity contribution in [2.45, 2.75) is 51.6 Å². The predicted molar refractivity (Wildman–Crippen MR) is 121 cm³/mol. The Bertz CT molecular complexity index is 1100. The van der Waals surface area contributed by atoms with Gasteiger partial charge >= 0.3 is 0 Å². The average molecular weight is 433 g/mol. The van der Waals surface area contributed by atoms with Crippen molar-refractivity contribution in [3.05, 3.63) is 88.8 Å². The number of hydrogen-bond acceptors (Lipinski definition) is 4. The molecule has 1 aliphatic carbocycles. The highest BCUT2D eigenvalue weighted by molar-refractivity contribution is 5.40. The summed E-state index contributed by atoms with van der Waals surface area (Å²) < 4.78 is 25.5. The van der Waals surface area contributed by atoms with Gasteiger partial charge in [0.1, 0.15) is 23.9 Å². The molecule has 1 aliphatic heterocycles. The molecule has 32 heavy (non-hydrogen) atoms. The van der Waals surface area contributed by atoms with Gasteiger partial charge in [0.05, 0.1) is 19.4 Å². The summed E-state index contributed by atoms with van der Waals surface area (Å²) in [7, 11) is 0. The van der Waals surface area contributed by atoms with E-state index in [0.717, 1.165) is 31.9 Å². The number of rotatable bonds is 6. The lowest BCUT2D eigenvalue weighted by molar-refractivity contribution is -0.165. The van der Waals surface area contributed by atoms with Gasteiger partial charge in [-0.1, -0.05) is 55.8 Å². The topological polar surface area (TPSA) is 44.2 Å². The first-order valence-corrected chi connectivity index (χ1v) is 11.2. The van der Waals surface area contributed by atoms with Crippen LogP contribution in [0.5, 0.6) is 5.75 Å². The quantitative estimate of drug-likeness (QED) is 0.499. The minimum Gasteiger partial charge on any atom is -0.487 e.